The summed E-state index contributed by atoms with van der Waals surface area (Å²) >= 11 is 0. The number of aromatic nitrogens is 1. The van der Waals surface area contributed by atoms with E-state index in [2.05, 4.69) is 15.6 Å². The predicted octanol–water partition coefficient (Wildman–Crippen LogP) is 3.07. The van der Waals surface area contributed by atoms with Crippen molar-refractivity contribution in [3.05, 3.63) is 42.6 Å². The Labute approximate surface area is 291 Å². The van der Waals surface area contributed by atoms with Crippen molar-refractivity contribution in [3.8, 4) is 11.6 Å². The summed E-state index contributed by atoms with van der Waals surface area (Å²) in [6.45, 7) is 3.79. The zero-order chi connectivity index (χ0) is 36.0. The summed E-state index contributed by atoms with van der Waals surface area (Å²) in [5.41, 5.74) is -1.51. The van der Waals surface area contributed by atoms with Crippen molar-refractivity contribution in [2.75, 3.05) is 20.7 Å². The number of pyridine rings is 1. The number of amides is 4. The van der Waals surface area contributed by atoms with Gasteiger partial charge in [-0.15, -0.1) is 0 Å². The number of carbonyl (C=O) groups is 4. The molecule has 1 aromatic heterocycles. The van der Waals surface area contributed by atoms with Crippen molar-refractivity contribution in [2.24, 2.45) is 17.8 Å². The van der Waals surface area contributed by atoms with Crippen LogP contribution in [0.2, 0.25) is 0 Å². The molecule has 2 aliphatic heterocycles. The largest absolute Gasteiger partial charge is 0.494 e. The van der Waals surface area contributed by atoms with Gasteiger partial charge in [0.1, 0.15) is 29.5 Å². The van der Waals surface area contributed by atoms with Crippen LogP contribution in [0.4, 0.5) is 4.79 Å². The molecule has 4 amide bonds. The number of fused-ring (bicyclic) bond motifs is 3. The van der Waals surface area contributed by atoms with Crippen LogP contribution in [0, 0.1) is 17.8 Å². The maximum atomic E-state index is 14.3. The van der Waals surface area contributed by atoms with Crippen LogP contribution in [0.15, 0.2) is 42.6 Å². The lowest BCUT2D eigenvalue weighted by Gasteiger charge is -2.32. The SMILES string of the molecule is COc1cnc(O[C@@H]2C[C@H]3C(=O)N[C@]4(C(=O)N(C)S(=O)(=O)C5CC5)C[C@H]4/C=C\CC[C@H](C)C[C@@H](C)[C@H](NC(=O)O)C(=O)N3C2)c2ccccc12. The number of benzene rings is 1. The lowest BCUT2D eigenvalue weighted by Crippen LogP contribution is -2.59. The van der Waals surface area contributed by atoms with E-state index in [-0.39, 0.29) is 31.2 Å². The Hall–Kier alpha value is -4.40. The third-order valence-electron chi connectivity index (χ3n) is 10.5. The van der Waals surface area contributed by atoms with Gasteiger partial charge in [0.15, 0.2) is 0 Å². The highest BCUT2D eigenvalue weighted by atomic mass is 32.2. The minimum atomic E-state index is -3.89. The zero-order valence-corrected chi connectivity index (χ0v) is 29.5. The van der Waals surface area contributed by atoms with E-state index in [1.807, 2.05) is 50.3 Å². The van der Waals surface area contributed by atoms with Crippen LogP contribution < -0.4 is 20.1 Å². The average Bonchev–Trinajstić information content (AvgIpc) is 4.01. The summed E-state index contributed by atoms with van der Waals surface area (Å²) in [6.07, 6.45) is 6.38. The van der Waals surface area contributed by atoms with E-state index < -0.39 is 74.7 Å². The normalized spacial score (nSPS) is 30.9. The summed E-state index contributed by atoms with van der Waals surface area (Å²) in [5.74, 6) is -1.85. The van der Waals surface area contributed by atoms with Crippen molar-refractivity contribution in [1.82, 2.24) is 24.8 Å². The Balaban J connectivity index is 1.35. The van der Waals surface area contributed by atoms with Crippen LogP contribution in [-0.2, 0) is 24.4 Å². The fraction of sp³-hybridized carbons (Fsp3) is 0.571. The van der Waals surface area contributed by atoms with E-state index in [4.69, 9.17) is 9.47 Å². The van der Waals surface area contributed by atoms with E-state index in [0.717, 1.165) is 16.1 Å². The smallest absolute Gasteiger partial charge is 0.405 e. The molecule has 14 nitrogen and oxygen atoms in total. The van der Waals surface area contributed by atoms with Gasteiger partial charge in [0.2, 0.25) is 27.7 Å². The van der Waals surface area contributed by atoms with Gasteiger partial charge < -0.3 is 30.1 Å². The predicted molar refractivity (Wildman–Crippen MR) is 183 cm³/mol. The number of sulfonamides is 1. The fourth-order valence-corrected chi connectivity index (χ4v) is 9.04. The summed E-state index contributed by atoms with van der Waals surface area (Å²) in [4.78, 5) is 60.4. The van der Waals surface area contributed by atoms with Crippen LogP contribution in [0.25, 0.3) is 10.8 Å². The molecular weight excluding hydrogens is 666 g/mol. The van der Waals surface area contributed by atoms with Crippen LogP contribution in [0.1, 0.15) is 58.8 Å². The van der Waals surface area contributed by atoms with Gasteiger partial charge in [-0.25, -0.2) is 22.5 Å². The fourth-order valence-electron chi connectivity index (χ4n) is 7.47. The molecule has 2 aromatic rings. The first-order valence-corrected chi connectivity index (χ1v) is 18.7. The topological polar surface area (TPSA) is 185 Å². The summed E-state index contributed by atoms with van der Waals surface area (Å²) in [6, 6.07) is 5.07. The number of carbonyl (C=O) groups excluding carboxylic acids is 3. The number of rotatable bonds is 7. The van der Waals surface area contributed by atoms with Crippen molar-refractivity contribution >= 4 is 44.6 Å². The van der Waals surface area contributed by atoms with Crippen molar-refractivity contribution in [3.63, 3.8) is 0 Å². The molecule has 0 bridgehead atoms. The first-order valence-electron chi connectivity index (χ1n) is 17.2. The van der Waals surface area contributed by atoms with E-state index in [0.29, 0.717) is 36.8 Å². The molecule has 270 valence electrons. The average molecular weight is 712 g/mol. The van der Waals surface area contributed by atoms with Crippen LogP contribution in [0.5, 0.6) is 11.6 Å². The Morgan fingerprint density at radius 3 is 2.52 bits per heavy atom. The zero-order valence-electron chi connectivity index (χ0n) is 28.7. The lowest BCUT2D eigenvalue weighted by atomic mass is 9.88. The molecule has 3 N–H and O–H groups in total. The number of nitrogens with one attached hydrogen (secondary N) is 2. The Bertz CT molecular complexity index is 1810. The Morgan fingerprint density at radius 2 is 1.84 bits per heavy atom. The minimum Gasteiger partial charge on any atom is -0.494 e. The summed E-state index contributed by atoms with van der Waals surface area (Å²) in [7, 11) is -1.12. The molecule has 50 heavy (non-hydrogen) atoms. The molecule has 3 heterocycles. The quantitative estimate of drug-likeness (QED) is 0.361. The van der Waals surface area contributed by atoms with E-state index >= 15 is 0 Å². The van der Waals surface area contributed by atoms with Gasteiger partial charge in [-0.2, -0.15) is 0 Å². The molecule has 1 aromatic carbocycles. The summed E-state index contributed by atoms with van der Waals surface area (Å²) < 4.78 is 38.8. The van der Waals surface area contributed by atoms with Crippen molar-refractivity contribution in [2.45, 2.75) is 87.8 Å². The monoisotopic (exact) mass is 711 g/mol. The molecule has 4 aliphatic rings. The second kappa shape index (κ2) is 13.7. The van der Waals surface area contributed by atoms with E-state index in [1.54, 1.807) is 0 Å². The highest BCUT2D eigenvalue weighted by Crippen LogP contribution is 2.48. The number of hydrogen-bond acceptors (Lipinski definition) is 9. The van der Waals surface area contributed by atoms with Crippen LogP contribution in [-0.4, -0.2) is 101 Å². The third kappa shape index (κ3) is 6.83. The molecule has 0 unspecified atom stereocenters. The Kier molecular flexibility index (Phi) is 9.72. The molecule has 15 heteroatoms. The molecule has 6 rings (SSSR count). The van der Waals surface area contributed by atoms with Crippen molar-refractivity contribution in [1.29, 1.82) is 0 Å². The number of likely N-dealkylation sites (N-methyl/N-ethyl adjacent to an activating group) is 1. The number of ether oxygens (including phenoxy) is 2. The maximum Gasteiger partial charge on any atom is 0.405 e. The van der Waals surface area contributed by atoms with Gasteiger partial charge in [0.25, 0.3) is 5.91 Å². The molecule has 0 spiro atoms. The highest BCUT2D eigenvalue weighted by Gasteiger charge is 2.63. The number of methoxy groups -OCH3 is 1. The molecule has 3 fully saturated rings. The molecular formula is C35H45N5O9S. The number of allylic oxidation sites excluding steroid dienone is 1. The Morgan fingerprint density at radius 1 is 1.12 bits per heavy atom. The van der Waals surface area contributed by atoms with Gasteiger partial charge >= 0.3 is 6.09 Å². The van der Waals surface area contributed by atoms with Gasteiger partial charge in [-0.3, -0.25) is 14.4 Å². The maximum absolute atomic E-state index is 14.3. The second-order valence-corrected chi connectivity index (χ2v) is 16.4. The summed E-state index contributed by atoms with van der Waals surface area (Å²) in [5, 5.41) is 15.8. The standard InChI is InChI=1S/C35H45N5O9S/c1-20-9-5-6-10-22-17-35(22,33(43)39(3)50(46,47)24-13-14-24)38-30(41)27-16-23(19-40(27)32(42)29(21(2)15-20)37-34(44)45)49-31-26-12-8-7-11-25(26)28(48-4)18-36-31/h6-8,10-12,18,20-24,27,29,37H,5,9,13-17,19H2,1-4H3,(H,38,41)(H,44,45)/b10-6-/t20-,21+,22+,23+,27-,29-,35+/m0/s1. The molecule has 0 radical (unpaired) electrons. The molecule has 2 saturated carbocycles. The minimum absolute atomic E-state index is 0.0190. The third-order valence-corrected chi connectivity index (χ3v) is 12.8. The number of nitrogens with zero attached hydrogens (tertiary/aromatic N) is 3. The first kappa shape index (κ1) is 35.4. The van der Waals surface area contributed by atoms with Gasteiger partial charge in [-0.05, 0) is 56.4 Å². The van der Waals surface area contributed by atoms with Gasteiger partial charge in [0, 0.05) is 30.2 Å². The van der Waals surface area contributed by atoms with E-state index in [1.165, 1.54) is 25.3 Å². The number of carboxylic acid groups (broad SMARTS) is 1. The van der Waals surface area contributed by atoms with Crippen molar-refractivity contribution < 1.29 is 42.2 Å². The van der Waals surface area contributed by atoms with E-state index in [9.17, 15) is 32.7 Å². The lowest BCUT2D eigenvalue weighted by molar-refractivity contribution is -0.142. The van der Waals surface area contributed by atoms with Gasteiger partial charge in [0.05, 0.1) is 25.1 Å². The number of hydrogen-bond donors (Lipinski definition) is 3. The molecule has 2 aliphatic carbocycles. The molecule has 7 atom stereocenters. The second-order valence-electron chi connectivity index (χ2n) is 14.2. The van der Waals surface area contributed by atoms with Crippen LogP contribution in [0.3, 0.4) is 0 Å². The van der Waals surface area contributed by atoms with Gasteiger partial charge in [-0.1, -0.05) is 44.2 Å². The van der Waals surface area contributed by atoms with Crippen LogP contribution >= 0.6 is 0 Å². The highest BCUT2D eigenvalue weighted by molar-refractivity contribution is 7.90. The first-order chi connectivity index (χ1) is 23.8. The molecule has 1 saturated heterocycles.